The third-order valence-electron chi connectivity index (χ3n) is 2.46. The zero-order valence-corrected chi connectivity index (χ0v) is 7.88. The largest absolute Gasteiger partial charge is 0.345 e. The Morgan fingerprint density at radius 2 is 2.33 bits per heavy atom. The molecule has 0 aromatic carbocycles. The molecular formula is C8H18N4. The van der Waals surface area contributed by atoms with E-state index in [1.807, 2.05) is 7.05 Å². The lowest BCUT2D eigenvalue weighted by Gasteiger charge is -2.31. The van der Waals surface area contributed by atoms with Gasteiger partial charge in [0.1, 0.15) is 0 Å². The lowest BCUT2D eigenvalue weighted by molar-refractivity contribution is 0.255. The molecule has 4 heteroatoms. The molecule has 0 spiro atoms. The molecule has 0 aliphatic heterocycles. The Hall–Kier alpha value is -0.770. The molecule has 0 unspecified atom stereocenters. The maximum atomic E-state index is 5.30. The van der Waals surface area contributed by atoms with Crippen LogP contribution >= 0.6 is 0 Å². The second-order valence-corrected chi connectivity index (χ2v) is 3.37. The SMILES string of the molecule is CN=C(NN)N(C)CC1CCC1. The van der Waals surface area contributed by atoms with Crippen LogP contribution in [0.3, 0.4) is 0 Å². The van der Waals surface area contributed by atoms with Crippen LogP contribution < -0.4 is 11.3 Å². The van der Waals surface area contributed by atoms with Gasteiger partial charge in [-0.1, -0.05) is 6.42 Å². The number of hydrazine groups is 1. The van der Waals surface area contributed by atoms with Gasteiger partial charge in [0.2, 0.25) is 5.96 Å². The standard InChI is InChI=1S/C8H18N4/c1-10-8(11-9)12(2)6-7-4-3-5-7/h7H,3-6,9H2,1-2H3,(H,10,11). The quantitative estimate of drug-likeness (QED) is 0.269. The lowest BCUT2D eigenvalue weighted by Crippen LogP contribution is -2.45. The highest BCUT2D eigenvalue weighted by molar-refractivity contribution is 5.78. The van der Waals surface area contributed by atoms with E-state index < -0.39 is 0 Å². The average molecular weight is 170 g/mol. The third kappa shape index (κ3) is 2.11. The second kappa shape index (κ2) is 4.30. The summed E-state index contributed by atoms with van der Waals surface area (Å²) < 4.78 is 0. The molecule has 1 aliphatic carbocycles. The Morgan fingerprint density at radius 3 is 2.67 bits per heavy atom. The molecule has 1 saturated carbocycles. The van der Waals surface area contributed by atoms with Crippen molar-refractivity contribution in [3.05, 3.63) is 0 Å². The van der Waals surface area contributed by atoms with Gasteiger partial charge in [0, 0.05) is 20.6 Å². The second-order valence-electron chi connectivity index (χ2n) is 3.37. The van der Waals surface area contributed by atoms with Crippen LogP contribution in [0.4, 0.5) is 0 Å². The van der Waals surface area contributed by atoms with Gasteiger partial charge in [-0.15, -0.1) is 0 Å². The Balaban J connectivity index is 2.29. The van der Waals surface area contributed by atoms with E-state index in [0.717, 1.165) is 18.4 Å². The molecule has 12 heavy (non-hydrogen) atoms. The van der Waals surface area contributed by atoms with Gasteiger partial charge >= 0.3 is 0 Å². The van der Waals surface area contributed by atoms with Crippen LogP contribution in [0.1, 0.15) is 19.3 Å². The molecule has 0 atom stereocenters. The molecular weight excluding hydrogens is 152 g/mol. The molecule has 4 nitrogen and oxygen atoms in total. The molecule has 0 bridgehead atoms. The van der Waals surface area contributed by atoms with Crippen LogP contribution in [0, 0.1) is 5.92 Å². The van der Waals surface area contributed by atoms with Gasteiger partial charge in [-0.3, -0.25) is 10.4 Å². The summed E-state index contributed by atoms with van der Waals surface area (Å²) in [6, 6.07) is 0. The molecule has 0 heterocycles. The summed E-state index contributed by atoms with van der Waals surface area (Å²) in [6.45, 7) is 1.07. The number of aliphatic imine (C=N–C) groups is 1. The van der Waals surface area contributed by atoms with Crippen LogP contribution in [-0.2, 0) is 0 Å². The van der Waals surface area contributed by atoms with Crippen molar-refractivity contribution < 1.29 is 0 Å². The van der Waals surface area contributed by atoms with Crippen molar-refractivity contribution >= 4 is 5.96 Å². The first-order chi connectivity index (χ1) is 5.77. The zero-order valence-electron chi connectivity index (χ0n) is 7.88. The first-order valence-electron chi connectivity index (χ1n) is 4.42. The fourth-order valence-electron chi connectivity index (χ4n) is 1.49. The van der Waals surface area contributed by atoms with Crippen molar-refractivity contribution in [1.29, 1.82) is 0 Å². The number of nitrogens with zero attached hydrogens (tertiary/aromatic N) is 2. The Bertz CT molecular complexity index is 162. The van der Waals surface area contributed by atoms with E-state index in [-0.39, 0.29) is 0 Å². The molecule has 0 amide bonds. The summed E-state index contributed by atoms with van der Waals surface area (Å²) in [5, 5.41) is 0. The van der Waals surface area contributed by atoms with E-state index in [4.69, 9.17) is 5.84 Å². The minimum Gasteiger partial charge on any atom is -0.345 e. The maximum absolute atomic E-state index is 5.30. The topological polar surface area (TPSA) is 53.6 Å². The van der Waals surface area contributed by atoms with E-state index in [0.29, 0.717) is 0 Å². The third-order valence-corrected chi connectivity index (χ3v) is 2.46. The number of hydrogen-bond acceptors (Lipinski definition) is 2. The molecule has 3 N–H and O–H groups in total. The Labute approximate surface area is 73.8 Å². The van der Waals surface area contributed by atoms with Crippen LogP contribution in [0.15, 0.2) is 4.99 Å². The highest BCUT2D eigenvalue weighted by Gasteiger charge is 2.19. The number of rotatable bonds is 2. The van der Waals surface area contributed by atoms with E-state index in [1.54, 1.807) is 7.05 Å². The van der Waals surface area contributed by atoms with Crippen LogP contribution in [0.2, 0.25) is 0 Å². The minimum atomic E-state index is 0.766. The summed E-state index contributed by atoms with van der Waals surface area (Å²) in [5.74, 6) is 6.91. The van der Waals surface area contributed by atoms with Gasteiger partial charge in [0.15, 0.2) is 0 Å². The summed E-state index contributed by atoms with van der Waals surface area (Å²) in [7, 11) is 3.76. The highest BCUT2D eigenvalue weighted by Crippen LogP contribution is 2.26. The van der Waals surface area contributed by atoms with Crippen molar-refractivity contribution in [2.45, 2.75) is 19.3 Å². The summed E-state index contributed by atoms with van der Waals surface area (Å²) in [4.78, 5) is 6.10. The zero-order chi connectivity index (χ0) is 8.97. The van der Waals surface area contributed by atoms with Gasteiger partial charge in [0.05, 0.1) is 0 Å². The van der Waals surface area contributed by atoms with Gasteiger partial charge < -0.3 is 4.90 Å². The van der Waals surface area contributed by atoms with E-state index in [1.165, 1.54) is 19.3 Å². The molecule has 0 aromatic heterocycles. The first-order valence-corrected chi connectivity index (χ1v) is 4.42. The summed E-state index contributed by atoms with van der Waals surface area (Å²) >= 11 is 0. The number of hydrogen-bond donors (Lipinski definition) is 2. The van der Waals surface area contributed by atoms with Crippen molar-refractivity contribution in [3.8, 4) is 0 Å². The molecule has 0 radical (unpaired) electrons. The van der Waals surface area contributed by atoms with Crippen LogP contribution in [0.25, 0.3) is 0 Å². The molecule has 1 fully saturated rings. The summed E-state index contributed by atoms with van der Waals surface area (Å²) in [6.07, 6.45) is 4.09. The predicted molar refractivity (Wildman–Crippen MR) is 50.7 cm³/mol. The Morgan fingerprint density at radius 1 is 1.67 bits per heavy atom. The number of guanidine groups is 1. The predicted octanol–water partition coefficient (Wildman–Crippen LogP) is 0.167. The van der Waals surface area contributed by atoms with Gasteiger partial charge in [0.25, 0.3) is 0 Å². The van der Waals surface area contributed by atoms with Crippen molar-refractivity contribution in [2.75, 3.05) is 20.6 Å². The normalized spacial score (nSPS) is 18.8. The molecule has 1 aliphatic rings. The molecule has 0 saturated heterocycles. The lowest BCUT2D eigenvalue weighted by atomic mass is 9.85. The summed E-state index contributed by atoms with van der Waals surface area (Å²) in [5.41, 5.74) is 2.58. The fraction of sp³-hybridized carbons (Fsp3) is 0.875. The average Bonchev–Trinajstić information content (AvgIpc) is 1.99. The number of nitrogens with one attached hydrogen (secondary N) is 1. The van der Waals surface area contributed by atoms with Crippen molar-refractivity contribution in [3.63, 3.8) is 0 Å². The highest BCUT2D eigenvalue weighted by atomic mass is 15.4. The molecule has 1 rings (SSSR count). The number of nitrogens with two attached hydrogens (primary N) is 1. The fourth-order valence-corrected chi connectivity index (χ4v) is 1.49. The van der Waals surface area contributed by atoms with Crippen LogP contribution in [-0.4, -0.2) is 31.5 Å². The van der Waals surface area contributed by atoms with Gasteiger partial charge in [-0.25, -0.2) is 5.84 Å². The smallest absolute Gasteiger partial charge is 0.207 e. The molecule has 70 valence electrons. The first kappa shape index (κ1) is 9.32. The van der Waals surface area contributed by atoms with Crippen molar-refractivity contribution in [2.24, 2.45) is 16.8 Å². The monoisotopic (exact) mass is 170 g/mol. The van der Waals surface area contributed by atoms with Gasteiger partial charge in [-0.2, -0.15) is 0 Å². The van der Waals surface area contributed by atoms with Crippen molar-refractivity contribution in [1.82, 2.24) is 10.3 Å². The van der Waals surface area contributed by atoms with E-state index >= 15 is 0 Å². The van der Waals surface area contributed by atoms with Gasteiger partial charge in [-0.05, 0) is 18.8 Å². The molecule has 0 aromatic rings. The van der Waals surface area contributed by atoms with E-state index in [2.05, 4.69) is 15.3 Å². The van der Waals surface area contributed by atoms with E-state index in [9.17, 15) is 0 Å². The van der Waals surface area contributed by atoms with Crippen LogP contribution in [0.5, 0.6) is 0 Å². The maximum Gasteiger partial charge on any atom is 0.207 e. The Kier molecular flexibility index (Phi) is 3.34. The minimum absolute atomic E-state index is 0.766.